The number of carbonyl (C=O) groups is 1. The van der Waals surface area contributed by atoms with E-state index in [0.29, 0.717) is 5.56 Å². The standard InChI is InChI=1S/C13H12N2O2/c1-8-12(7-14-13(17)15-8)11-5-3-4-10(6-11)9(2)16/h3-7H,1-2H3,(H,14,15,17). The summed E-state index contributed by atoms with van der Waals surface area (Å²) in [6, 6.07) is 7.26. The van der Waals surface area contributed by atoms with Crippen molar-refractivity contribution < 1.29 is 4.79 Å². The minimum atomic E-state index is -0.367. The molecule has 0 aliphatic carbocycles. The van der Waals surface area contributed by atoms with Crippen LogP contribution in [0.15, 0.2) is 35.3 Å². The molecule has 1 heterocycles. The molecule has 0 atom stereocenters. The van der Waals surface area contributed by atoms with Crippen molar-refractivity contribution in [1.82, 2.24) is 9.97 Å². The SMILES string of the molecule is CC(=O)c1cccc(-c2cnc(=O)[nH]c2C)c1. The second-order valence-corrected chi connectivity index (χ2v) is 3.86. The Bertz CT molecular complexity index is 629. The second kappa shape index (κ2) is 4.33. The minimum Gasteiger partial charge on any atom is -0.309 e. The van der Waals surface area contributed by atoms with Crippen LogP contribution in [0.25, 0.3) is 11.1 Å². The number of hydrogen-bond acceptors (Lipinski definition) is 3. The molecular formula is C13H12N2O2. The van der Waals surface area contributed by atoms with Crippen LogP contribution in [0.5, 0.6) is 0 Å². The Kier molecular flexibility index (Phi) is 2.87. The fraction of sp³-hybridized carbons (Fsp3) is 0.154. The first-order valence-electron chi connectivity index (χ1n) is 5.25. The summed E-state index contributed by atoms with van der Waals surface area (Å²) in [4.78, 5) is 28.7. The molecule has 0 amide bonds. The van der Waals surface area contributed by atoms with E-state index in [1.165, 1.54) is 13.1 Å². The summed E-state index contributed by atoms with van der Waals surface area (Å²) in [5.74, 6) is 0.0156. The molecule has 2 aromatic rings. The molecule has 0 bridgehead atoms. The topological polar surface area (TPSA) is 62.8 Å². The summed E-state index contributed by atoms with van der Waals surface area (Å²) in [6.45, 7) is 3.33. The summed E-state index contributed by atoms with van der Waals surface area (Å²) in [5.41, 5.74) is 2.72. The number of aromatic nitrogens is 2. The van der Waals surface area contributed by atoms with Crippen molar-refractivity contribution in [2.75, 3.05) is 0 Å². The lowest BCUT2D eigenvalue weighted by molar-refractivity contribution is 0.101. The van der Waals surface area contributed by atoms with Gasteiger partial charge in [-0.25, -0.2) is 9.78 Å². The first kappa shape index (κ1) is 11.3. The maximum atomic E-state index is 11.3. The number of ketones is 1. The average Bonchev–Trinajstić information content (AvgIpc) is 2.29. The van der Waals surface area contributed by atoms with E-state index in [9.17, 15) is 9.59 Å². The largest absolute Gasteiger partial charge is 0.345 e. The van der Waals surface area contributed by atoms with Gasteiger partial charge in [0, 0.05) is 23.0 Å². The van der Waals surface area contributed by atoms with Crippen LogP contribution in [0.2, 0.25) is 0 Å². The highest BCUT2D eigenvalue weighted by atomic mass is 16.1. The Hall–Kier alpha value is -2.23. The maximum Gasteiger partial charge on any atom is 0.345 e. The number of carbonyl (C=O) groups excluding carboxylic acids is 1. The van der Waals surface area contributed by atoms with Gasteiger partial charge in [0.05, 0.1) is 0 Å². The van der Waals surface area contributed by atoms with Gasteiger partial charge in [0.2, 0.25) is 0 Å². The molecule has 1 aromatic heterocycles. The van der Waals surface area contributed by atoms with Crippen LogP contribution in [-0.4, -0.2) is 15.8 Å². The summed E-state index contributed by atoms with van der Waals surface area (Å²) >= 11 is 0. The highest BCUT2D eigenvalue weighted by Gasteiger charge is 2.06. The number of nitrogens with one attached hydrogen (secondary N) is 1. The van der Waals surface area contributed by atoms with Crippen LogP contribution < -0.4 is 5.69 Å². The lowest BCUT2D eigenvalue weighted by Crippen LogP contribution is -2.11. The Morgan fingerprint density at radius 3 is 2.76 bits per heavy atom. The van der Waals surface area contributed by atoms with Crippen LogP contribution in [-0.2, 0) is 0 Å². The lowest BCUT2D eigenvalue weighted by atomic mass is 10.0. The Balaban J connectivity index is 2.56. The van der Waals surface area contributed by atoms with Crippen molar-refractivity contribution in [2.45, 2.75) is 13.8 Å². The van der Waals surface area contributed by atoms with Crippen LogP contribution in [0.1, 0.15) is 23.0 Å². The molecule has 4 heteroatoms. The minimum absolute atomic E-state index is 0.0156. The predicted molar refractivity (Wildman–Crippen MR) is 65.0 cm³/mol. The van der Waals surface area contributed by atoms with Crippen molar-refractivity contribution >= 4 is 5.78 Å². The van der Waals surface area contributed by atoms with Gasteiger partial charge in [-0.05, 0) is 25.5 Å². The van der Waals surface area contributed by atoms with Gasteiger partial charge in [0.25, 0.3) is 0 Å². The Labute approximate surface area is 98.3 Å². The van der Waals surface area contributed by atoms with Gasteiger partial charge in [-0.2, -0.15) is 0 Å². The summed E-state index contributed by atoms with van der Waals surface area (Å²) in [6.07, 6.45) is 1.52. The highest BCUT2D eigenvalue weighted by molar-refractivity contribution is 5.95. The van der Waals surface area contributed by atoms with E-state index in [4.69, 9.17) is 0 Å². The number of benzene rings is 1. The second-order valence-electron chi connectivity index (χ2n) is 3.86. The first-order valence-corrected chi connectivity index (χ1v) is 5.25. The predicted octanol–water partition coefficient (Wildman–Crippen LogP) is 1.95. The van der Waals surface area contributed by atoms with Gasteiger partial charge in [0.1, 0.15) is 0 Å². The molecule has 1 N–H and O–H groups in total. The van der Waals surface area contributed by atoms with E-state index < -0.39 is 0 Å². The lowest BCUT2D eigenvalue weighted by Gasteiger charge is -2.05. The van der Waals surface area contributed by atoms with E-state index >= 15 is 0 Å². The first-order chi connectivity index (χ1) is 8.08. The van der Waals surface area contributed by atoms with Crippen molar-refractivity contribution in [3.63, 3.8) is 0 Å². The molecule has 4 nitrogen and oxygen atoms in total. The van der Waals surface area contributed by atoms with Crippen molar-refractivity contribution in [1.29, 1.82) is 0 Å². The van der Waals surface area contributed by atoms with Gasteiger partial charge < -0.3 is 4.98 Å². The normalized spacial score (nSPS) is 10.2. The number of nitrogens with zero attached hydrogens (tertiary/aromatic N) is 1. The summed E-state index contributed by atoms with van der Waals surface area (Å²) in [5, 5.41) is 0. The van der Waals surface area contributed by atoms with E-state index in [2.05, 4.69) is 9.97 Å². The number of rotatable bonds is 2. The van der Waals surface area contributed by atoms with Gasteiger partial charge in [-0.15, -0.1) is 0 Å². The van der Waals surface area contributed by atoms with E-state index in [1.807, 2.05) is 12.1 Å². The molecule has 1 aromatic carbocycles. The maximum absolute atomic E-state index is 11.3. The van der Waals surface area contributed by atoms with Gasteiger partial charge >= 0.3 is 5.69 Å². The van der Waals surface area contributed by atoms with E-state index in [1.54, 1.807) is 19.1 Å². The van der Waals surface area contributed by atoms with Crippen LogP contribution in [0.4, 0.5) is 0 Å². The number of Topliss-reactive ketones (excluding diaryl/α,β-unsaturated/α-hetero) is 1. The number of aryl methyl sites for hydroxylation is 1. The van der Waals surface area contributed by atoms with Crippen molar-refractivity contribution in [3.05, 3.63) is 52.2 Å². The fourth-order valence-corrected chi connectivity index (χ4v) is 1.68. The molecule has 0 radical (unpaired) electrons. The molecule has 2 rings (SSSR count). The molecular weight excluding hydrogens is 216 g/mol. The summed E-state index contributed by atoms with van der Waals surface area (Å²) in [7, 11) is 0. The van der Waals surface area contributed by atoms with Gasteiger partial charge in [-0.1, -0.05) is 18.2 Å². The molecule has 86 valence electrons. The third-order valence-corrected chi connectivity index (χ3v) is 2.59. The Morgan fingerprint density at radius 2 is 2.12 bits per heavy atom. The molecule has 0 aliphatic heterocycles. The third-order valence-electron chi connectivity index (χ3n) is 2.59. The smallest absolute Gasteiger partial charge is 0.309 e. The highest BCUT2D eigenvalue weighted by Crippen LogP contribution is 2.21. The van der Waals surface area contributed by atoms with Crippen LogP contribution >= 0.6 is 0 Å². The zero-order valence-electron chi connectivity index (χ0n) is 9.65. The molecule has 0 saturated heterocycles. The Morgan fingerprint density at radius 1 is 1.35 bits per heavy atom. The molecule has 0 spiro atoms. The molecule has 0 aliphatic rings. The quantitative estimate of drug-likeness (QED) is 0.799. The number of aromatic amines is 1. The molecule has 0 fully saturated rings. The fourth-order valence-electron chi connectivity index (χ4n) is 1.68. The number of hydrogen-bond donors (Lipinski definition) is 1. The summed E-state index contributed by atoms with van der Waals surface area (Å²) < 4.78 is 0. The zero-order valence-corrected chi connectivity index (χ0v) is 9.65. The third kappa shape index (κ3) is 2.30. The van der Waals surface area contributed by atoms with E-state index in [-0.39, 0.29) is 11.5 Å². The zero-order chi connectivity index (χ0) is 12.4. The van der Waals surface area contributed by atoms with Gasteiger partial charge in [0.15, 0.2) is 5.78 Å². The van der Waals surface area contributed by atoms with Crippen molar-refractivity contribution in [2.24, 2.45) is 0 Å². The van der Waals surface area contributed by atoms with Crippen LogP contribution in [0, 0.1) is 6.92 Å². The molecule has 17 heavy (non-hydrogen) atoms. The van der Waals surface area contributed by atoms with E-state index in [0.717, 1.165) is 16.8 Å². The monoisotopic (exact) mass is 228 g/mol. The van der Waals surface area contributed by atoms with Crippen molar-refractivity contribution in [3.8, 4) is 11.1 Å². The molecule has 0 saturated carbocycles. The van der Waals surface area contributed by atoms with Crippen LogP contribution in [0.3, 0.4) is 0 Å². The average molecular weight is 228 g/mol. The number of H-pyrrole nitrogens is 1. The van der Waals surface area contributed by atoms with Gasteiger partial charge in [-0.3, -0.25) is 4.79 Å². The molecule has 0 unspecified atom stereocenters.